The third kappa shape index (κ3) is 3.23. The van der Waals surface area contributed by atoms with Gasteiger partial charge < -0.3 is 10.5 Å². The van der Waals surface area contributed by atoms with Gasteiger partial charge in [-0.25, -0.2) is 28.4 Å². The molecule has 1 aliphatic carbocycles. The predicted octanol–water partition coefficient (Wildman–Crippen LogP) is 3.22. The molecule has 10 heteroatoms. The van der Waals surface area contributed by atoms with Crippen LogP contribution in [0.15, 0.2) is 24.7 Å². The van der Waals surface area contributed by atoms with E-state index in [2.05, 4.69) is 20.1 Å². The highest BCUT2D eigenvalue weighted by molar-refractivity contribution is 5.90. The largest absolute Gasteiger partial charge is 0.418 e. The number of nitrogen functional groups attached to an aromatic ring is 1. The zero-order valence-electron chi connectivity index (χ0n) is 14.1. The van der Waals surface area contributed by atoms with Crippen molar-refractivity contribution in [1.29, 1.82) is 5.26 Å². The van der Waals surface area contributed by atoms with Gasteiger partial charge in [-0.2, -0.15) is 5.26 Å². The molecule has 0 bridgehead atoms. The van der Waals surface area contributed by atoms with Gasteiger partial charge in [0.05, 0.1) is 17.7 Å². The normalized spacial score (nSPS) is 16.9. The van der Waals surface area contributed by atoms with Crippen molar-refractivity contribution in [3.63, 3.8) is 0 Å². The highest BCUT2D eigenvalue weighted by atomic mass is 19.3. The van der Waals surface area contributed by atoms with E-state index in [0.717, 1.165) is 0 Å². The number of fused-ring (bicyclic) bond motifs is 1. The molecule has 0 unspecified atom stereocenters. The molecular weight excluding hydrogens is 356 g/mol. The Morgan fingerprint density at radius 2 is 2.04 bits per heavy atom. The van der Waals surface area contributed by atoms with Crippen LogP contribution in [0, 0.1) is 11.3 Å². The number of nitrogens with two attached hydrogens (primary N) is 1. The lowest BCUT2D eigenvalue weighted by Crippen LogP contribution is -2.26. The van der Waals surface area contributed by atoms with Crippen molar-refractivity contribution >= 4 is 16.9 Å². The molecule has 4 rings (SSSR count). The van der Waals surface area contributed by atoms with Crippen molar-refractivity contribution in [2.45, 2.75) is 37.6 Å². The lowest BCUT2D eigenvalue weighted by molar-refractivity contribution is -0.0446. The number of halogens is 2. The summed E-state index contributed by atoms with van der Waals surface area (Å²) in [4.78, 5) is 12.2. The van der Waals surface area contributed by atoms with E-state index in [4.69, 9.17) is 15.7 Å². The molecule has 0 spiro atoms. The molecule has 1 saturated carbocycles. The smallest absolute Gasteiger partial charge is 0.253 e. The van der Waals surface area contributed by atoms with Gasteiger partial charge in [0.1, 0.15) is 17.5 Å². The number of pyridine rings is 1. The van der Waals surface area contributed by atoms with Crippen molar-refractivity contribution in [2.75, 3.05) is 5.73 Å². The molecule has 1 fully saturated rings. The van der Waals surface area contributed by atoms with Gasteiger partial charge in [0.25, 0.3) is 5.88 Å². The molecule has 138 valence electrons. The second-order valence-corrected chi connectivity index (χ2v) is 6.39. The molecule has 0 saturated heterocycles. The SMILES string of the molecule is N#Cc1ccnc(Oc2nn(C3CCC(F)(F)CC3)c3ncnc(N)c23)c1. The van der Waals surface area contributed by atoms with Crippen molar-refractivity contribution in [3.8, 4) is 17.8 Å². The fraction of sp³-hybridized carbons (Fsp3) is 0.353. The maximum absolute atomic E-state index is 13.5. The molecule has 0 aromatic carbocycles. The standard InChI is InChI=1S/C17H15F2N7O/c18-17(19)4-1-11(2-5-17)26-15-13(14(21)23-9-24-15)16(25-26)27-12-7-10(8-20)3-6-22-12/h3,6-7,9,11H,1-2,4-5H2,(H2,21,23,24). The number of rotatable bonds is 3. The number of anilines is 1. The third-order valence-corrected chi connectivity index (χ3v) is 4.58. The van der Waals surface area contributed by atoms with Gasteiger partial charge in [0, 0.05) is 25.1 Å². The molecule has 3 heterocycles. The summed E-state index contributed by atoms with van der Waals surface area (Å²) in [6.45, 7) is 0. The van der Waals surface area contributed by atoms with Gasteiger partial charge >= 0.3 is 0 Å². The fourth-order valence-electron chi connectivity index (χ4n) is 3.19. The maximum atomic E-state index is 13.5. The Morgan fingerprint density at radius 3 is 2.78 bits per heavy atom. The minimum absolute atomic E-state index is 0.128. The van der Waals surface area contributed by atoms with Gasteiger partial charge in [0.2, 0.25) is 11.8 Å². The first-order chi connectivity index (χ1) is 13.0. The molecular formula is C17H15F2N7O. The molecule has 3 aromatic heterocycles. The molecule has 0 aliphatic heterocycles. The van der Waals surface area contributed by atoms with Crippen LogP contribution in [0.4, 0.5) is 14.6 Å². The minimum atomic E-state index is -2.64. The highest BCUT2D eigenvalue weighted by Gasteiger charge is 2.37. The minimum Gasteiger partial charge on any atom is -0.418 e. The summed E-state index contributed by atoms with van der Waals surface area (Å²) in [5.74, 6) is -2.19. The van der Waals surface area contributed by atoms with Crippen molar-refractivity contribution < 1.29 is 13.5 Å². The van der Waals surface area contributed by atoms with Crippen molar-refractivity contribution in [2.24, 2.45) is 0 Å². The van der Waals surface area contributed by atoms with E-state index in [-0.39, 0.29) is 49.3 Å². The second-order valence-electron chi connectivity index (χ2n) is 6.39. The summed E-state index contributed by atoms with van der Waals surface area (Å²) in [5, 5.41) is 13.8. The van der Waals surface area contributed by atoms with Crippen LogP contribution >= 0.6 is 0 Å². The molecule has 8 nitrogen and oxygen atoms in total. The maximum Gasteiger partial charge on any atom is 0.253 e. The first-order valence-electron chi connectivity index (χ1n) is 8.37. The topological polar surface area (TPSA) is 116 Å². The molecule has 0 atom stereocenters. The number of hydrogen-bond donors (Lipinski definition) is 1. The van der Waals surface area contributed by atoms with Crippen LogP contribution in [0.25, 0.3) is 11.0 Å². The van der Waals surface area contributed by atoms with Crippen LogP contribution in [0.1, 0.15) is 37.3 Å². The zero-order chi connectivity index (χ0) is 19.0. The number of alkyl halides is 2. The zero-order valence-corrected chi connectivity index (χ0v) is 14.1. The van der Waals surface area contributed by atoms with Crippen LogP contribution in [0.5, 0.6) is 11.8 Å². The van der Waals surface area contributed by atoms with Gasteiger partial charge in [0.15, 0.2) is 5.65 Å². The summed E-state index contributed by atoms with van der Waals surface area (Å²) < 4.78 is 34.3. The fourth-order valence-corrected chi connectivity index (χ4v) is 3.19. The molecule has 2 N–H and O–H groups in total. The predicted molar refractivity (Wildman–Crippen MR) is 91.2 cm³/mol. The number of hydrogen-bond acceptors (Lipinski definition) is 7. The van der Waals surface area contributed by atoms with Crippen LogP contribution in [0.3, 0.4) is 0 Å². The Labute approximate surface area is 152 Å². The first kappa shape index (κ1) is 17.1. The van der Waals surface area contributed by atoms with E-state index in [9.17, 15) is 8.78 Å². The van der Waals surface area contributed by atoms with E-state index < -0.39 is 5.92 Å². The number of aromatic nitrogens is 5. The van der Waals surface area contributed by atoms with Crippen molar-refractivity contribution in [1.82, 2.24) is 24.7 Å². The quantitative estimate of drug-likeness (QED) is 0.751. The summed E-state index contributed by atoms with van der Waals surface area (Å²) in [6, 6.07) is 4.77. The number of nitriles is 1. The van der Waals surface area contributed by atoms with Gasteiger partial charge in [-0.05, 0) is 18.9 Å². The monoisotopic (exact) mass is 371 g/mol. The molecule has 3 aromatic rings. The summed E-state index contributed by atoms with van der Waals surface area (Å²) in [5.41, 5.74) is 6.77. The lowest BCUT2D eigenvalue weighted by atomic mass is 9.92. The van der Waals surface area contributed by atoms with E-state index in [1.807, 2.05) is 6.07 Å². The van der Waals surface area contributed by atoms with Crippen molar-refractivity contribution in [3.05, 3.63) is 30.2 Å². The Morgan fingerprint density at radius 1 is 1.26 bits per heavy atom. The Bertz CT molecular complexity index is 1030. The van der Waals surface area contributed by atoms with E-state index in [1.165, 1.54) is 18.6 Å². The third-order valence-electron chi connectivity index (χ3n) is 4.58. The number of nitrogens with zero attached hydrogens (tertiary/aromatic N) is 6. The molecule has 27 heavy (non-hydrogen) atoms. The lowest BCUT2D eigenvalue weighted by Gasteiger charge is -2.28. The number of ether oxygens (including phenoxy) is 1. The summed E-state index contributed by atoms with van der Waals surface area (Å²) in [7, 11) is 0. The van der Waals surface area contributed by atoms with E-state index >= 15 is 0 Å². The highest BCUT2D eigenvalue weighted by Crippen LogP contribution is 2.41. The van der Waals surface area contributed by atoms with Crippen LogP contribution in [-0.2, 0) is 0 Å². The summed E-state index contributed by atoms with van der Waals surface area (Å²) in [6.07, 6.45) is 2.87. The van der Waals surface area contributed by atoms with Gasteiger partial charge in [-0.15, -0.1) is 5.10 Å². The molecule has 0 radical (unpaired) electrons. The Kier molecular flexibility index (Phi) is 4.07. The van der Waals surface area contributed by atoms with Crippen LogP contribution in [-0.4, -0.2) is 30.7 Å². The van der Waals surface area contributed by atoms with Gasteiger partial charge in [-0.1, -0.05) is 0 Å². The first-order valence-corrected chi connectivity index (χ1v) is 8.37. The molecule has 1 aliphatic rings. The molecule has 0 amide bonds. The second kappa shape index (κ2) is 6.42. The summed E-state index contributed by atoms with van der Waals surface area (Å²) >= 11 is 0. The Balaban J connectivity index is 1.74. The van der Waals surface area contributed by atoms with Crippen LogP contribution < -0.4 is 10.5 Å². The van der Waals surface area contributed by atoms with E-state index in [1.54, 1.807) is 10.7 Å². The van der Waals surface area contributed by atoms with Crippen LogP contribution in [0.2, 0.25) is 0 Å². The van der Waals surface area contributed by atoms with E-state index in [0.29, 0.717) is 16.6 Å². The van der Waals surface area contributed by atoms with Gasteiger partial charge in [-0.3, -0.25) is 0 Å². The Hall–Kier alpha value is -3.35. The average Bonchev–Trinajstić information content (AvgIpc) is 3.01. The average molecular weight is 371 g/mol.